The molecule has 2 rings (SSSR count). The van der Waals surface area contributed by atoms with Crippen molar-refractivity contribution in [3.63, 3.8) is 0 Å². The fraction of sp³-hybridized carbons (Fsp3) is 0.222. The number of hydrogen-bond donors (Lipinski definition) is 2. The molecule has 23 heavy (non-hydrogen) atoms. The number of carbonyl (C=O) groups excluding carboxylic acids is 1. The van der Waals surface area contributed by atoms with Gasteiger partial charge in [0.25, 0.3) is 5.91 Å². The number of phenols is 1. The Bertz CT molecular complexity index is 767. The molecule has 0 saturated carbocycles. The lowest BCUT2D eigenvalue weighted by Gasteiger charge is -2.07. The zero-order valence-electron chi connectivity index (χ0n) is 13.7. The lowest BCUT2D eigenvalue weighted by molar-refractivity contribution is 0.0952. The van der Waals surface area contributed by atoms with Crippen LogP contribution in [0.15, 0.2) is 41.5 Å². The number of nitrogens with one attached hydrogen (secondary N) is 1. The van der Waals surface area contributed by atoms with Crippen molar-refractivity contribution < 1.29 is 14.6 Å². The van der Waals surface area contributed by atoms with Crippen molar-refractivity contribution in [1.82, 2.24) is 5.43 Å². The van der Waals surface area contributed by atoms with E-state index in [9.17, 15) is 9.90 Å². The Morgan fingerprint density at radius 3 is 2.48 bits per heavy atom. The molecule has 0 aliphatic heterocycles. The van der Waals surface area contributed by atoms with E-state index in [1.54, 1.807) is 6.07 Å². The summed E-state index contributed by atoms with van der Waals surface area (Å²) < 4.78 is 4.99. The van der Waals surface area contributed by atoms with E-state index in [2.05, 4.69) is 10.5 Å². The van der Waals surface area contributed by atoms with Gasteiger partial charge in [-0.15, -0.1) is 0 Å². The lowest BCUT2D eigenvalue weighted by atomic mass is 10.0. The van der Waals surface area contributed by atoms with Crippen LogP contribution in [-0.4, -0.2) is 23.8 Å². The molecule has 0 bridgehead atoms. The molecule has 5 nitrogen and oxygen atoms in total. The number of carbonyl (C=O) groups is 1. The van der Waals surface area contributed by atoms with Gasteiger partial charge in [-0.2, -0.15) is 5.10 Å². The summed E-state index contributed by atoms with van der Waals surface area (Å²) in [4.78, 5) is 12.1. The molecule has 0 atom stereocenters. The molecule has 5 heteroatoms. The number of rotatable bonds is 4. The SMILES string of the molecule is COc1ccc(C(=O)N/N=C(/C)c2ccc(C)c(C)c2)c(O)c1. The first-order valence-electron chi connectivity index (χ1n) is 7.21. The van der Waals surface area contributed by atoms with Crippen LogP contribution in [0.4, 0.5) is 0 Å². The third-order valence-corrected chi connectivity index (χ3v) is 3.70. The Balaban J connectivity index is 2.15. The zero-order chi connectivity index (χ0) is 17.0. The van der Waals surface area contributed by atoms with Crippen molar-refractivity contribution in [2.75, 3.05) is 7.11 Å². The van der Waals surface area contributed by atoms with E-state index in [1.807, 2.05) is 39.0 Å². The molecule has 2 aromatic rings. The van der Waals surface area contributed by atoms with Gasteiger partial charge >= 0.3 is 0 Å². The number of hydrazone groups is 1. The maximum absolute atomic E-state index is 12.1. The molecule has 0 fully saturated rings. The van der Waals surface area contributed by atoms with Crippen LogP contribution in [0, 0.1) is 13.8 Å². The van der Waals surface area contributed by atoms with E-state index in [1.165, 1.54) is 24.8 Å². The Morgan fingerprint density at radius 1 is 1.13 bits per heavy atom. The average molecular weight is 312 g/mol. The molecule has 1 amide bonds. The van der Waals surface area contributed by atoms with Gasteiger partial charge in [-0.05, 0) is 55.7 Å². The van der Waals surface area contributed by atoms with Gasteiger partial charge in [-0.25, -0.2) is 5.43 Å². The number of amides is 1. The number of nitrogens with zero attached hydrogens (tertiary/aromatic N) is 1. The Labute approximate surface area is 135 Å². The van der Waals surface area contributed by atoms with Crippen molar-refractivity contribution in [1.29, 1.82) is 0 Å². The van der Waals surface area contributed by atoms with Crippen LogP contribution in [0.1, 0.15) is 34.0 Å². The topological polar surface area (TPSA) is 70.9 Å². The number of benzene rings is 2. The number of methoxy groups -OCH3 is 1. The summed E-state index contributed by atoms with van der Waals surface area (Å²) in [7, 11) is 1.49. The normalized spacial score (nSPS) is 11.2. The summed E-state index contributed by atoms with van der Waals surface area (Å²) in [6.07, 6.45) is 0. The number of hydrogen-bond acceptors (Lipinski definition) is 4. The monoisotopic (exact) mass is 312 g/mol. The zero-order valence-corrected chi connectivity index (χ0v) is 13.7. The third-order valence-electron chi connectivity index (χ3n) is 3.70. The van der Waals surface area contributed by atoms with Crippen molar-refractivity contribution in [3.05, 3.63) is 58.7 Å². The van der Waals surface area contributed by atoms with Gasteiger partial charge in [-0.3, -0.25) is 4.79 Å². The number of phenolic OH excluding ortho intramolecular Hbond substituents is 1. The van der Waals surface area contributed by atoms with Crippen molar-refractivity contribution in [3.8, 4) is 11.5 Å². The molecular formula is C18H20N2O3. The van der Waals surface area contributed by atoms with Crippen molar-refractivity contribution in [2.45, 2.75) is 20.8 Å². The highest BCUT2D eigenvalue weighted by molar-refractivity contribution is 6.01. The first-order chi connectivity index (χ1) is 10.9. The average Bonchev–Trinajstić information content (AvgIpc) is 2.54. The van der Waals surface area contributed by atoms with Crippen LogP contribution in [0.3, 0.4) is 0 Å². The molecule has 0 saturated heterocycles. The second-order valence-corrected chi connectivity index (χ2v) is 5.32. The molecule has 120 valence electrons. The maximum Gasteiger partial charge on any atom is 0.275 e. The summed E-state index contributed by atoms with van der Waals surface area (Å²) in [5.41, 5.74) is 6.59. The molecule has 0 aromatic heterocycles. The predicted molar refractivity (Wildman–Crippen MR) is 90.3 cm³/mol. The van der Waals surface area contributed by atoms with E-state index in [-0.39, 0.29) is 11.3 Å². The summed E-state index contributed by atoms with van der Waals surface area (Å²) in [6, 6.07) is 10.5. The van der Waals surface area contributed by atoms with E-state index < -0.39 is 5.91 Å². The van der Waals surface area contributed by atoms with E-state index >= 15 is 0 Å². The van der Waals surface area contributed by atoms with Gasteiger partial charge in [0.15, 0.2) is 0 Å². The van der Waals surface area contributed by atoms with E-state index in [0.717, 1.165) is 11.1 Å². The minimum atomic E-state index is -0.478. The number of aryl methyl sites for hydroxylation is 2. The Hall–Kier alpha value is -2.82. The molecule has 0 unspecified atom stereocenters. The van der Waals surface area contributed by atoms with Gasteiger partial charge in [0, 0.05) is 6.07 Å². The van der Waals surface area contributed by atoms with Crippen molar-refractivity contribution >= 4 is 11.6 Å². The smallest absolute Gasteiger partial charge is 0.275 e. The summed E-state index contributed by atoms with van der Waals surface area (Å²) >= 11 is 0. The molecule has 0 spiro atoms. The molecule has 0 radical (unpaired) electrons. The molecule has 2 N–H and O–H groups in total. The predicted octanol–water partition coefficient (Wildman–Crippen LogP) is 3.17. The van der Waals surface area contributed by atoms with Crippen LogP contribution in [0.2, 0.25) is 0 Å². The van der Waals surface area contributed by atoms with Crippen LogP contribution >= 0.6 is 0 Å². The minimum Gasteiger partial charge on any atom is -0.507 e. The van der Waals surface area contributed by atoms with Gasteiger partial charge in [0.05, 0.1) is 18.4 Å². The fourth-order valence-corrected chi connectivity index (χ4v) is 2.06. The molecule has 0 aliphatic rings. The van der Waals surface area contributed by atoms with E-state index in [0.29, 0.717) is 11.5 Å². The van der Waals surface area contributed by atoms with Gasteiger partial charge in [0.2, 0.25) is 0 Å². The standard InChI is InChI=1S/C18H20N2O3/c1-11-5-6-14(9-12(11)2)13(3)19-20-18(22)16-8-7-15(23-4)10-17(16)21/h5-10,21H,1-4H3,(H,20,22)/b19-13-. The molecule has 0 heterocycles. The van der Waals surface area contributed by atoms with E-state index in [4.69, 9.17) is 4.74 Å². The summed E-state index contributed by atoms with van der Waals surface area (Å²) in [6.45, 7) is 5.89. The van der Waals surface area contributed by atoms with Crippen LogP contribution in [0.5, 0.6) is 11.5 Å². The van der Waals surface area contributed by atoms with Gasteiger partial charge < -0.3 is 9.84 Å². The molecular weight excluding hydrogens is 292 g/mol. The summed E-state index contributed by atoms with van der Waals surface area (Å²) in [5, 5.41) is 14.0. The summed E-state index contributed by atoms with van der Waals surface area (Å²) in [5.74, 6) is -0.150. The third kappa shape index (κ3) is 3.88. The Morgan fingerprint density at radius 2 is 1.87 bits per heavy atom. The van der Waals surface area contributed by atoms with Crippen LogP contribution in [-0.2, 0) is 0 Å². The second kappa shape index (κ2) is 6.96. The highest BCUT2D eigenvalue weighted by atomic mass is 16.5. The van der Waals surface area contributed by atoms with Gasteiger partial charge in [0.1, 0.15) is 11.5 Å². The Kier molecular flexibility index (Phi) is 5.01. The number of aromatic hydroxyl groups is 1. The second-order valence-electron chi connectivity index (χ2n) is 5.32. The first kappa shape index (κ1) is 16.5. The van der Waals surface area contributed by atoms with Crippen LogP contribution in [0.25, 0.3) is 0 Å². The van der Waals surface area contributed by atoms with Crippen molar-refractivity contribution in [2.24, 2.45) is 5.10 Å². The lowest BCUT2D eigenvalue weighted by Crippen LogP contribution is -2.19. The van der Waals surface area contributed by atoms with Gasteiger partial charge in [-0.1, -0.05) is 12.1 Å². The quantitative estimate of drug-likeness (QED) is 0.673. The largest absolute Gasteiger partial charge is 0.507 e. The minimum absolute atomic E-state index is 0.141. The highest BCUT2D eigenvalue weighted by Gasteiger charge is 2.11. The first-order valence-corrected chi connectivity index (χ1v) is 7.21. The van der Waals surface area contributed by atoms with Crippen LogP contribution < -0.4 is 10.2 Å². The highest BCUT2D eigenvalue weighted by Crippen LogP contribution is 2.23. The molecule has 2 aromatic carbocycles. The number of ether oxygens (including phenoxy) is 1. The maximum atomic E-state index is 12.1. The molecule has 0 aliphatic carbocycles. The fourth-order valence-electron chi connectivity index (χ4n) is 2.06.